The van der Waals surface area contributed by atoms with Crippen LogP contribution < -0.4 is 0 Å². The maximum absolute atomic E-state index is 12.1. The Labute approximate surface area is 375 Å². The molecular formula is C45H82O14S2. The van der Waals surface area contributed by atoms with Crippen LogP contribution in [0, 0.1) is 29.1 Å². The van der Waals surface area contributed by atoms with Crippen LogP contribution >= 0.6 is 21.6 Å². The summed E-state index contributed by atoms with van der Waals surface area (Å²) >= 11 is 0. The van der Waals surface area contributed by atoms with Crippen molar-refractivity contribution in [3.05, 3.63) is 0 Å². The van der Waals surface area contributed by atoms with Crippen LogP contribution in [0.25, 0.3) is 0 Å². The van der Waals surface area contributed by atoms with E-state index in [0.29, 0.717) is 65.4 Å². The zero-order valence-electron chi connectivity index (χ0n) is 38.3. The third kappa shape index (κ3) is 35.4. The predicted octanol–water partition coefficient (Wildman–Crippen LogP) is 7.64. The first-order valence-corrected chi connectivity index (χ1v) is 25.3. The molecule has 0 saturated carbocycles. The number of carbonyl (C=O) groups is 4. The van der Waals surface area contributed by atoms with Crippen LogP contribution in [-0.4, -0.2) is 140 Å². The minimum atomic E-state index is -0.500. The van der Waals surface area contributed by atoms with Crippen molar-refractivity contribution in [2.75, 3.05) is 111 Å². The van der Waals surface area contributed by atoms with Gasteiger partial charge >= 0.3 is 23.9 Å². The molecule has 1 heterocycles. The van der Waals surface area contributed by atoms with Crippen molar-refractivity contribution in [3.63, 3.8) is 0 Å². The van der Waals surface area contributed by atoms with Crippen molar-refractivity contribution >= 4 is 45.5 Å². The second-order valence-corrected chi connectivity index (χ2v) is 19.3. The molecule has 0 radical (unpaired) electrons. The average Bonchev–Trinajstić information content (AvgIpc) is 3.71. The van der Waals surface area contributed by atoms with E-state index in [2.05, 4.69) is 34.6 Å². The van der Waals surface area contributed by atoms with E-state index in [-0.39, 0.29) is 71.3 Å². The molecule has 16 heteroatoms. The molecule has 0 amide bonds. The van der Waals surface area contributed by atoms with E-state index in [9.17, 15) is 24.3 Å². The Kier molecular flexibility index (Phi) is 36.5. The Balaban J connectivity index is 1.81. The molecule has 0 aromatic rings. The maximum Gasteiger partial charge on any atom is 0.306 e. The molecule has 3 unspecified atom stereocenters. The summed E-state index contributed by atoms with van der Waals surface area (Å²) < 4.78 is 48.0. The van der Waals surface area contributed by atoms with E-state index in [1.807, 2.05) is 0 Å². The predicted molar refractivity (Wildman–Crippen MR) is 239 cm³/mol. The summed E-state index contributed by atoms with van der Waals surface area (Å²) in [5.41, 5.74) is -0.401. The SMILES string of the molecule is CC(C)CCCC(C)CCCC(C)CCCC(C)CCOC(=O)CCC(=O)OCCOCCOCCOCCOCCOCCOC(=O)CCC(=O)OCC1(CO)CSSC1. The summed E-state index contributed by atoms with van der Waals surface area (Å²) in [6.07, 6.45) is 12.4. The van der Waals surface area contributed by atoms with Crippen molar-refractivity contribution < 1.29 is 66.9 Å². The van der Waals surface area contributed by atoms with Crippen LogP contribution in [0.1, 0.15) is 125 Å². The number of rotatable bonds is 42. The molecule has 1 saturated heterocycles. The average molecular weight is 911 g/mol. The Bertz CT molecular complexity index is 1110. The monoisotopic (exact) mass is 911 g/mol. The smallest absolute Gasteiger partial charge is 0.306 e. The van der Waals surface area contributed by atoms with Gasteiger partial charge in [0.2, 0.25) is 0 Å². The highest BCUT2D eigenvalue weighted by atomic mass is 33.1. The second kappa shape index (κ2) is 38.8. The Hall–Kier alpha value is -1.66. The van der Waals surface area contributed by atoms with E-state index in [1.54, 1.807) is 21.6 Å². The molecule has 0 aromatic carbocycles. The van der Waals surface area contributed by atoms with Crippen LogP contribution in [-0.2, 0) is 61.8 Å². The van der Waals surface area contributed by atoms with Crippen molar-refractivity contribution in [1.29, 1.82) is 0 Å². The molecule has 0 aliphatic carbocycles. The van der Waals surface area contributed by atoms with Crippen LogP contribution in [0.4, 0.5) is 0 Å². The lowest BCUT2D eigenvalue weighted by Gasteiger charge is -2.23. The van der Waals surface area contributed by atoms with Crippen LogP contribution in [0.2, 0.25) is 0 Å². The van der Waals surface area contributed by atoms with Gasteiger partial charge in [-0.15, -0.1) is 0 Å². The van der Waals surface area contributed by atoms with Gasteiger partial charge in [0.1, 0.15) is 19.8 Å². The third-order valence-electron chi connectivity index (χ3n) is 10.4. The number of carbonyl (C=O) groups excluding carboxylic acids is 4. The van der Waals surface area contributed by atoms with Gasteiger partial charge in [0.05, 0.1) is 105 Å². The van der Waals surface area contributed by atoms with Crippen molar-refractivity contribution in [2.45, 2.75) is 125 Å². The van der Waals surface area contributed by atoms with Gasteiger partial charge in [0.25, 0.3) is 0 Å². The summed E-state index contributed by atoms with van der Waals surface area (Å²) in [4.78, 5) is 47.8. The quantitative estimate of drug-likeness (QED) is 0.0274. The van der Waals surface area contributed by atoms with Crippen LogP contribution in [0.5, 0.6) is 0 Å². The van der Waals surface area contributed by atoms with Crippen LogP contribution in [0.3, 0.4) is 0 Å². The molecule has 14 nitrogen and oxygen atoms in total. The molecule has 1 aliphatic rings. The molecule has 358 valence electrons. The van der Waals surface area contributed by atoms with Gasteiger partial charge in [-0.2, -0.15) is 0 Å². The first kappa shape index (κ1) is 57.4. The topological polar surface area (TPSA) is 172 Å². The number of aliphatic hydroxyl groups excluding tert-OH is 1. The molecule has 0 spiro atoms. The molecule has 0 aromatic heterocycles. The molecule has 3 atom stereocenters. The number of esters is 4. The normalized spacial score (nSPS) is 15.1. The fourth-order valence-corrected chi connectivity index (χ4v) is 9.60. The Morgan fingerprint density at radius 3 is 1.11 bits per heavy atom. The standard InChI is InChI=1S/C45H82O14S2/c1-37(2)9-6-10-38(3)11-7-12-39(4)13-8-14-40(5)19-20-56-41(47)15-16-42(48)57-31-29-54-27-25-52-23-21-51-22-24-53-26-28-55-30-32-58-43(49)17-18-44(50)59-34-45(33-46)35-60-61-36-45/h37-40,46H,6-36H2,1-5H3. The van der Waals surface area contributed by atoms with Crippen molar-refractivity contribution in [3.8, 4) is 0 Å². The fraction of sp³-hybridized carbons (Fsp3) is 0.911. The lowest BCUT2D eigenvalue weighted by molar-refractivity contribution is -0.153. The van der Waals surface area contributed by atoms with E-state index < -0.39 is 23.3 Å². The number of ether oxygens (including phenoxy) is 9. The molecule has 61 heavy (non-hydrogen) atoms. The first-order chi connectivity index (χ1) is 29.4. The Morgan fingerprint density at radius 2 is 0.754 bits per heavy atom. The lowest BCUT2D eigenvalue weighted by Crippen LogP contribution is -2.34. The zero-order valence-corrected chi connectivity index (χ0v) is 39.9. The molecule has 0 bridgehead atoms. The summed E-state index contributed by atoms with van der Waals surface area (Å²) in [6, 6.07) is 0. The molecule has 1 fully saturated rings. The van der Waals surface area contributed by atoms with Gasteiger partial charge in [-0.3, -0.25) is 19.2 Å². The lowest BCUT2D eigenvalue weighted by atomic mass is 9.91. The molecule has 1 N–H and O–H groups in total. The molecule has 1 rings (SSSR count). The fourth-order valence-electron chi connectivity index (χ4n) is 6.25. The minimum absolute atomic E-state index is 0.0105. The van der Waals surface area contributed by atoms with E-state index >= 15 is 0 Å². The van der Waals surface area contributed by atoms with E-state index in [4.69, 9.17) is 42.6 Å². The number of hydrogen-bond donors (Lipinski definition) is 1. The van der Waals surface area contributed by atoms with Gasteiger partial charge in [-0.05, 0) is 30.1 Å². The highest BCUT2D eigenvalue weighted by molar-refractivity contribution is 8.77. The largest absolute Gasteiger partial charge is 0.466 e. The molecular weight excluding hydrogens is 829 g/mol. The molecule has 1 aliphatic heterocycles. The highest BCUT2D eigenvalue weighted by Crippen LogP contribution is 2.43. The van der Waals surface area contributed by atoms with Crippen LogP contribution in [0.15, 0.2) is 0 Å². The van der Waals surface area contributed by atoms with Crippen molar-refractivity contribution in [1.82, 2.24) is 0 Å². The first-order valence-electron chi connectivity index (χ1n) is 22.8. The van der Waals surface area contributed by atoms with E-state index in [0.717, 1.165) is 42.1 Å². The third-order valence-corrected chi connectivity index (χ3v) is 13.2. The van der Waals surface area contributed by atoms with Crippen molar-refractivity contribution in [2.24, 2.45) is 29.1 Å². The van der Waals surface area contributed by atoms with Gasteiger partial charge in [-0.1, -0.05) is 114 Å². The zero-order chi connectivity index (χ0) is 44.8. The minimum Gasteiger partial charge on any atom is -0.466 e. The number of aliphatic hydroxyl groups is 1. The summed E-state index contributed by atoms with van der Waals surface area (Å²) in [6.45, 7) is 15.8. The maximum atomic E-state index is 12.1. The van der Waals surface area contributed by atoms with Gasteiger partial charge in [0, 0.05) is 16.9 Å². The van der Waals surface area contributed by atoms with Gasteiger partial charge in [0.15, 0.2) is 0 Å². The number of hydrogen-bond acceptors (Lipinski definition) is 16. The second-order valence-electron chi connectivity index (χ2n) is 16.9. The van der Waals surface area contributed by atoms with Gasteiger partial charge in [-0.25, -0.2) is 0 Å². The summed E-state index contributed by atoms with van der Waals surface area (Å²) in [5, 5.41) is 9.57. The summed E-state index contributed by atoms with van der Waals surface area (Å²) in [5.74, 6) is 2.56. The highest BCUT2D eigenvalue weighted by Gasteiger charge is 2.36. The Morgan fingerprint density at radius 1 is 0.443 bits per heavy atom. The summed E-state index contributed by atoms with van der Waals surface area (Å²) in [7, 11) is 3.30. The van der Waals surface area contributed by atoms with E-state index in [1.165, 1.54) is 51.4 Å². The van der Waals surface area contributed by atoms with Gasteiger partial charge < -0.3 is 47.7 Å².